The predicted octanol–water partition coefficient (Wildman–Crippen LogP) is 1.11. The summed E-state index contributed by atoms with van der Waals surface area (Å²) in [5, 5.41) is 3.23. The van der Waals surface area contributed by atoms with E-state index in [0.29, 0.717) is 6.10 Å². The van der Waals surface area contributed by atoms with Crippen molar-refractivity contribution in [3.8, 4) is 0 Å². The second-order valence-corrected chi connectivity index (χ2v) is 7.55. The maximum atomic E-state index is 11.6. The predicted molar refractivity (Wildman–Crippen MR) is 67.9 cm³/mol. The van der Waals surface area contributed by atoms with Crippen molar-refractivity contribution in [2.45, 2.75) is 55.9 Å². The molecule has 0 aromatic carbocycles. The molecule has 3 atom stereocenters. The zero-order valence-corrected chi connectivity index (χ0v) is 11.3. The molecule has 17 heavy (non-hydrogen) atoms. The second-order valence-electron chi connectivity index (χ2n) is 5.28. The van der Waals surface area contributed by atoms with Crippen LogP contribution in [0.3, 0.4) is 0 Å². The molecule has 0 aromatic rings. The summed E-state index contributed by atoms with van der Waals surface area (Å²) in [4.78, 5) is 0. The summed E-state index contributed by atoms with van der Waals surface area (Å²) >= 11 is 0. The van der Waals surface area contributed by atoms with Gasteiger partial charge in [0.05, 0.1) is 11.4 Å². The topological polar surface area (TPSA) is 55.4 Å². The number of nitrogens with one attached hydrogen (secondary N) is 1. The van der Waals surface area contributed by atoms with Gasteiger partial charge in [0.1, 0.15) is 0 Å². The second kappa shape index (κ2) is 5.67. The van der Waals surface area contributed by atoms with Gasteiger partial charge in [0.25, 0.3) is 0 Å². The molecule has 1 aliphatic heterocycles. The van der Waals surface area contributed by atoms with Crippen molar-refractivity contribution in [1.29, 1.82) is 0 Å². The SMILES string of the molecule is CS(=O)(=O)C1CCCC1NCCC1CCCO1. The summed E-state index contributed by atoms with van der Waals surface area (Å²) in [6.45, 7) is 1.77. The van der Waals surface area contributed by atoms with E-state index in [2.05, 4.69) is 5.32 Å². The van der Waals surface area contributed by atoms with Crippen LogP contribution in [0.2, 0.25) is 0 Å². The molecule has 0 bridgehead atoms. The molecular formula is C12H23NO3S. The summed E-state index contributed by atoms with van der Waals surface area (Å²) in [5.74, 6) is 0. The van der Waals surface area contributed by atoms with Gasteiger partial charge in [-0.15, -0.1) is 0 Å². The van der Waals surface area contributed by atoms with Crippen LogP contribution in [0.1, 0.15) is 38.5 Å². The van der Waals surface area contributed by atoms with Gasteiger partial charge in [-0.2, -0.15) is 0 Å². The lowest BCUT2D eigenvalue weighted by Crippen LogP contribution is -2.41. The zero-order valence-electron chi connectivity index (χ0n) is 10.5. The lowest BCUT2D eigenvalue weighted by atomic mass is 10.1. The minimum atomic E-state index is -2.89. The van der Waals surface area contributed by atoms with Crippen LogP contribution in [0.5, 0.6) is 0 Å². The van der Waals surface area contributed by atoms with E-state index < -0.39 is 9.84 Å². The van der Waals surface area contributed by atoms with Gasteiger partial charge in [-0.05, 0) is 38.6 Å². The largest absolute Gasteiger partial charge is 0.378 e. The molecule has 2 fully saturated rings. The number of rotatable bonds is 5. The monoisotopic (exact) mass is 261 g/mol. The number of hydrogen-bond acceptors (Lipinski definition) is 4. The minimum Gasteiger partial charge on any atom is -0.378 e. The molecule has 0 amide bonds. The van der Waals surface area contributed by atoms with Crippen molar-refractivity contribution in [2.75, 3.05) is 19.4 Å². The van der Waals surface area contributed by atoms with Gasteiger partial charge < -0.3 is 10.1 Å². The minimum absolute atomic E-state index is 0.159. The molecule has 1 saturated carbocycles. The van der Waals surface area contributed by atoms with Crippen LogP contribution in [0.4, 0.5) is 0 Å². The third-order valence-corrected chi connectivity index (χ3v) is 5.56. The third-order valence-electron chi connectivity index (χ3n) is 3.90. The van der Waals surface area contributed by atoms with Crippen molar-refractivity contribution in [3.63, 3.8) is 0 Å². The molecular weight excluding hydrogens is 238 g/mol. The van der Waals surface area contributed by atoms with E-state index in [4.69, 9.17) is 4.74 Å². The van der Waals surface area contributed by atoms with E-state index in [1.54, 1.807) is 0 Å². The van der Waals surface area contributed by atoms with Gasteiger partial charge in [-0.3, -0.25) is 0 Å². The van der Waals surface area contributed by atoms with Crippen LogP contribution in [-0.4, -0.2) is 45.2 Å². The molecule has 1 saturated heterocycles. The highest BCUT2D eigenvalue weighted by atomic mass is 32.2. The summed E-state index contributed by atoms with van der Waals surface area (Å²) in [6, 6.07) is 0.159. The van der Waals surface area contributed by atoms with E-state index >= 15 is 0 Å². The lowest BCUT2D eigenvalue weighted by molar-refractivity contribution is 0.103. The van der Waals surface area contributed by atoms with E-state index in [1.807, 2.05) is 0 Å². The Morgan fingerprint density at radius 1 is 1.24 bits per heavy atom. The highest BCUT2D eigenvalue weighted by Gasteiger charge is 2.34. The van der Waals surface area contributed by atoms with Crippen molar-refractivity contribution in [2.24, 2.45) is 0 Å². The quantitative estimate of drug-likeness (QED) is 0.805. The fraction of sp³-hybridized carbons (Fsp3) is 1.00. The highest BCUT2D eigenvalue weighted by molar-refractivity contribution is 7.91. The van der Waals surface area contributed by atoms with Crippen LogP contribution in [-0.2, 0) is 14.6 Å². The Bertz CT molecular complexity index is 336. The van der Waals surface area contributed by atoms with Gasteiger partial charge in [0.15, 0.2) is 9.84 Å². The summed E-state index contributed by atoms with van der Waals surface area (Å²) < 4.78 is 28.8. The molecule has 2 aliphatic rings. The molecule has 3 unspecified atom stereocenters. The van der Waals surface area contributed by atoms with Gasteiger partial charge in [-0.25, -0.2) is 8.42 Å². The zero-order chi connectivity index (χ0) is 12.3. The van der Waals surface area contributed by atoms with E-state index in [0.717, 1.165) is 45.3 Å². The molecule has 1 N–H and O–H groups in total. The number of ether oxygens (including phenoxy) is 1. The molecule has 1 aliphatic carbocycles. The normalized spacial score (nSPS) is 34.3. The van der Waals surface area contributed by atoms with Gasteiger partial charge in [0, 0.05) is 18.9 Å². The molecule has 5 heteroatoms. The average molecular weight is 261 g/mol. The lowest BCUT2D eigenvalue weighted by Gasteiger charge is -2.20. The van der Waals surface area contributed by atoms with Crippen molar-refractivity contribution >= 4 is 9.84 Å². The Balaban J connectivity index is 1.74. The first-order valence-electron chi connectivity index (χ1n) is 6.61. The van der Waals surface area contributed by atoms with Gasteiger partial charge in [-0.1, -0.05) is 6.42 Å². The Morgan fingerprint density at radius 2 is 2.06 bits per heavy atom. The Hall–Kier alpha value is -0.130. The van der Waals surface area contributed by atoms with Crippen molar-refractivity contribution < 1.29 is 13.2 Å². The molecule has 0 aromatic heterocycles. The van der Waals surface area contributed by atoms with Crippen molar-refractivity contribution in [1.82, 2.24) is 5.32 Å². The van der Waals surface area contributed by atoms with E-state index in [-0.39, 0.29) is 11.3 Å². The fourth-order valence-electron chi connectivity index (χ4n) is 2.97. The Labute approximate surface area is 104 Å². The standard InChI is InChI=1S/C12H23NO3S/c1-17(14,15)12-6-2-5-11(12)13-8-7-10-4-3-9-16-10/h10-13H,2-9H2,1H3. The van der Waals surface area contributed by atoms with Crippen LogP contribution >= 0.6 is 0 Å². The maximum absolute atomic E-state index is 11.6. The van der Waals surface area contributed by atoms with Crippen LogP contribution < -0.4 is 5.32 Å². The first-order valence-corrected chi connectivity index (χ1v) is 8.56. The Morgan fingerprint density at radius 3 is 2.71 bits per heavy atom. The van der Waals surface area contributed by atoms with E-state index in [9.17, 15) is 8.42 Å². The first-order chi connectivity index (χ1) is 8.07. The summed E-state index contributed by atoms with van der Waals surface area (Å²) in [6.07, 6.45) is 7.90. The molecule has 0 spiro atoms. The summed E-state index contributed by atoms with van der Waals surface area (Å²) in [5.41, 5.74) is 0. The molecule has 1 heterocycles. The molecule has 0 radical (unpaired) electrons. The smallest absolute Gasteiger partial charge is 0.151 e. The average Bonchev–Trinajstić information content (AvgIpc) is 2.86. The maximum Gasteiger partial charge on any atom is 0.151 e. The molecule has 100 valence electrons. The fourth-order valence-corrected chi connectivity index (χ4v) is 4.40. The third kappa shape index (κ3) is 3.66. The Kier molecular flexibility index (Phi) is 4.44. The molecule has 2 rings (SSSR count). The van der Waals surface area contributed by atoms with Gasteiger partial charge >= 0.3 is 0 Å². The molecule has 4 nitrogen and oxygen atoms in total. The summed E-state index contributed by atoms with van der Waals surface area (Å²) in [7, 11) is -2.89. The van der Waals surface area contributed by atoms with Crippen LogP contribution in [0, 0.1) is 0 Å². The highest BCUT2D eigenvalue weighted by Crippen LogP contribution is 2.25. The van der Waals surface area contributed by atoms with Crippen molar-refractivity contribution in [3.05, 3.63) is 0 Å². The van der Waals surface area contributed by atoms with Crippen LogP contribution in [0.25, 0.3) is 0 Å². The number of sulfone groups is 1. The van der Waals surface area contributed by atoms with E-state index in [1.165, 1.54) is 12.7 Å². The number of hydrogen-bond donors (Lipinski definition) is 1. The van der Waals surface area contributed by atoms with Crippen LogP contribution in [0.15, 0.2) is 0 Å². The first kappa shape index (κ1) is 13.3. The van der Waals surface area contributed by atoms with Gasteiger partial charge in [0.2, 0.25) is 0 Å².